The number of aromatic nitrogens is 1. The number of hydrogen-bond donors (Lipinski definition) is 0. The summed E-state index contributed by atoms with van der Waals surface area (Å²) >= 11 is 1.47. The van der Waals surface area contributed by atoms with Crippen molar-refractivity contribution in [1.82, 2.24) is 4.98 Å². The van der Waals surface area contributed by atoms with Crippen molar-refractivity contribution in [3.63, 3.8) is 0 Å². The lowest BCUT2D eigenvalue weighted by Gasteiger charge is -2.05. The van der Waals surface area contributed by atoms with E-state index in [4.69, 9.17) is 0 Å². The highest BCUT2D eigenvalue weighted by atomic mass is 32.1. The van der Waals surface area contributed by atoms with Crippen LogP contribution in [0, 0.1) is 6.92 Å². The molecule has 0 aliphatic rings. The van der Waals surface area contributed by atoms with Crippen molar-refractivity contribution in [3.05, 3.63) is 64.0 Å². The van der Waals surface area contributed by atoms with Gasteiger partial charge in [-0.3, -0.25) is 9.78 Å². The summed E-state index contributed by atoms with van der Waals surface area (Å²) in [6.07, 6.45) is 0. The molecule has 2 aromatic heterocycles. The summed E-state index contributed by atoms with van der Waals surface area (Å²) in [6, 6.07) is 13.4. The van der Waals surface area contributed by atoms with Crippen molar-refractivity contribution >= 4 is 28.0 Å². The topological polar surface area (TPSA) is 30.0 Å². The minimum absolute atomic E-state index is 0.0756. The number of fused-ring (bicyclic) bond motifs is 1. The summed E-state index contributed by atoms with van der Waals surface area (Å²) in [6.45, 7) is 1.91. The predicted molar refractivity (Wildman–Crippen MR) is 74.2 cm³/mol. The molecule has 0 aliphatic carbocycles. The Morgan fingerprint density at radius 3 is 2.78 bits per heavy atom. The van der Waals surface area contributed by atoms with Crippen LogP contribution in [0.2, 0.25) is 0 Å². The van der Waals surface area contributed by atoms with Crippen molar-refractivity contribution in [2.24, 2.45) is 0 Å². The third-order valence-electron chi connectivity index (χ3n) is 2.83. The van der Waals surface area contributed by atoms with Crippen LogP contribution in [-0.4, -0.2) is 10.8 Å². The van der Waals surface area contributed by atoms with E-state index < -0.39 is 0 Å². The summed E-state index contributed by atoms with van der Waals surface area (Å²) in [5.74, 6) is 0.0756. The van der Waals surface area contributed by atoms with E-state index in [0.717, 1.165) is 27.0 Å². The minimum atomic E-state index is 0.0756. The van der Waals surface area contributed by atoms with E-state index >= 15 is 0 Å². The summed E-state index contributed by atoms with van der Waals surface area (Å²) in [7, 11) is 0. The van der Waals surface area contributed by atoms with Gasteiger partial charge in [-0.1, -0.05) is 24.3 Å². The zero-order valence-electron chi connectivity index (χ0n) is 9.88. The number of rotatable bonds is 2. The molecule has 0 N–H and O–H groups in total. The molecule has 0 bridgehead atoms. The number of thiophene rings is 1. The molecule has 0 atom stereocenters. The molecule has 2 nitrogen and oxygen atoms in total. The standard InChI is InChI=1S/C15H11NOS/c1-10-9-12(15(17)14-7-4-8-18-14)11-5-2-3-6-13(11)16-10/h2-9H,1H3. The van der Waals surface area contributed by atoms with Gasteiger partial charge in [-0.15, -0.1) is 11.3 Å². The van der Waals surface area contributed by atoms with E-state index in [0.29, 0.717) is 0 Å². The lowest BCUT2D eigenvalue weighted by atomic mass is 10.0. The smallest absolute Gasteiger partial charge is 0.203 e. The molecule has 3 aromatic rings. The third kappa shape index (κ3) is 1.83. The summed E-state index contributed by atoms with van der Waals surface area (Å²) in [5, 5.41) is 2.84. The van der Waals surface area contributed by atoms with Crippen molar-refractivity contribution < 1.29 is 4.79 Å². The average molecular weight is 253 g/mol. The van der Waals surface area contributed by atoms with E-state index in [1.165, 1.54) is 11.3 Å². The fourth-order valence-corrected chi connectivity index (χ4v) is 2.71. The second kappa shape index (κ2) is 4.35. The Morgan fingerprint density at radius 2 is 2.00 bits per heavy atom. The van der Waals surface area contributed by atoms with Crippen molar-refractivity contribution in [1.29, 1.82) is 0 Å². The van der Waals surface area contributed by atoms with E-state index in [1.807, 2.05) is 54.8 Å². The van der Waals surface area contributed by atoms with Gasteiger partial charge in [0.1, 0.15) is 0 Å². The number of aryl methyl sites for hydroxylation is 1. The largest absolute Gasteiger partial charge is 0.288 e. The third-order valence-corrected chi connectivity index (χ3v) is 3.70. The van der Waals surface area contributed by atoms with Crippen molar-refractivity contribution in [3.8, 4) is 0 Å². The molecule has 0 saturated carbocycles. The van der Waals surface area contributed by atoms with Crippen LogP contribution in [0.4, 0.5) is 0 Å². The molecule has 2 heterocycles. The number of carbonyl (C=O) groups is 1. The molecule has 0 radical (unpaired) electrons. The maximum atomic E-state index is 12.5. The van der Waals surface area contributed by atoms with Crippen LogP contribution >= 0.6 is 11.3 Å². The quantitative estimate of drug-likeness (QED) is 0.649. The van der Waals surface area contributed by atoms with Crippen LogP contribution in [0.1, 0.15) is 20.9 Å². The molecule has 0 unspecified atom stereocenters. The molecule has 3 rings (SSSR count). The SMILES string of the molecule is Cc1cc(C(=O)c2cccs2)c2ccccc2n1. The average Bonchev–Trinajstić information content (AvgIpc) is 2.90. The number of ketones is 1. The number of carbonyl (C=O) groups excluding carboxylic acids is 1. The van der Waals surface area contributed by atoms with E-state index in [-0.39, 0.29) is 5.78 Å². The first-order valence-corrected chi connectivity index (χ1v) is 6.58. The number of nitrogens with zero attached hydrogens (tertiary/aromatic N) is 1. The highest BCUT2D eigenvalue weighted by Gasteiger charge is 2.14. The molecular formula is C15H11NOS. The van der Waals surface area contributed by atoms with Gasteiger partial charge in [-0.2, -0.15) is 0 Å². The number of hydrogen-bond acceptors (Lipinski definition) is 3. The van der Waals surface area contributed by atoms with Crippen LogP contribution in [0.3, 0.4) is 0 Å². The van der Waals surface area contributed by atoms with Crippen molar-refractivity contribution in [2.75, 3.05) is 0 Å². The fraction of sp³-hybridized carbons (Fsp3) is 0.0667. The highest BCUT2D eigenvalue weighted by molar-refractivity contribution is 7.12. The second-order valence-corrected chi connectivity index (χ2v) is 5.08. The normalized spacial score (nSPS) is 10.7. The Hall–Kier alpha value is -2.00. The first-order chi connectivity index (χ1) is 8.75. The van der Waals surface area contributed by atoms with Crippen LogP contribution in [0.15, 0.2) is 47.8 Å². The van der Waals surface area contributed by atoms with Gasteiger partial charge in [0, 0.05) is 16.6 Å². The van der Waals surface area contributed by atoms with Gasteiger partial charge in [-0.05, 0) is 30.5 Å². The summed E-state index contributed by atoms with van der Waals surface area (Å²) in [4.78, 5) is 17.7. The minimum Gasteiger partial charge on any atom is -0.288 e. The lowest BCUT2D eigenvalue weighted by Crippen LogP contribution is -2.01. The van der Waals surface area contributed by atoms with E-state index in [2.05, 4.69) is 4.98 Å². The van der Waals surface area contributed by atoms with Gasteiger partial charge in [-0.25, -0.2) is 0 Å². The van der Waals surface area contributed by atoms with E-state index in [1.54, 1.807) is 0 Å². The lowest BCUT2D eigenvalue weighted by molar-refractivity contribution is 0.104. The molecule has 0 saturated heterocycles. The number of benzene rings is 1. The zero-order valence-corrected chi connectivity index (χ0v) is 10.7. The zero-order chi connectivity index (χ0) is 12.5. The first-order valence-electron chi connectivity index (χ1n) is 5.70. The van der Waals surface area contributed by atoms with Crippen LogP contribution in [0.25, 0.3) is 10.9 Å². The number of para-hydroxylation sites is 1. The van der Waals surface area contributed by atoms with Gasteiger partial charge < -0.3 is 0 Å². The van der Waals surface area contributed by atoms with Crippen LogP contribution in [-0.2, 0) is 0 Å². The monoisotopic (exact) mass is 253 g/mol. The van der Waals surface area contributed by atoms with Crippen LogP contribution in [0.5, 0.6) is 0 Å². The van der Waals surface area contributed by atoms with Crippen molar-refractivity contribution in [2.45, 2.75) is 6.92 Å². The highest BCUT2D eigenvalue weighted by Crippen LogP contribution is 2.23. The maximum absolute atomic E-state index is 12.5. The van der Waals surface area contributed by atoms with Gasteiger partial charge in [0.2, 0.25) is 5.78 Å². The Labute approximate surface area is 109 Å². The molecule has 0 amide bonds. The second-order valence-electron chi connectivity index (χ2n) is 4.13. The molecular weight excluding hydrogens is 242 g/mol. The van der Waals surface area contributed by atoms with Gasteiger partial charge in [0.25, 0.3) is 0 Å². The Morgan fingerprint density at radius 1 is 1.17 bits per heavy atom. The summed E-state index contributed by atoms with van der Waals surface area (Å²) in [5.41, 5.74) is 2.48. The first kappa shape index (κ1) is 11.1. The van der Waals surface area contributed by atoms with E-state index in [9.17, 15) is 4.79 Å². The van der Waals surface area contributed by atoms with Crippen LogP contribution < -0.4 is 0 Å². The fourth-order valence-electron chi connectivity index (χ4n) is 2.04. The van der Waals surface area contributed by atoms with Gasteiger partial charge in [0.05, 0.1) is 10.4 Å². The molecule has 0 fully saturated rings. The molecule has 18 heavy (non-hydrogen) atoms. The number of pyridine rings is 1. The molecule has 0 spiro atoms. The molecule has 0 aliphatic heterocycles. The molecule has 88 valence electrons. The maximum Gasteiger partial charge on any atom is 0.203 e. The Balaban J connectivity index is 2.25. The molecule has 1 aromatic carbocycles. The van der Waals surface area contributed by atoms with Gasteiger partial charge in [0.15, 0.2) is 0 Å². The Bertz CT molecular complexity index is 716. The van der Waals surface area contributed by atoms with Gasteiger partial charge >= 0.3 is 0 Å². The Kier molecular flexibility index (Phi) is 2.68. The summed E-state index contributed by atoms with van der Waals surface area (Å²) < 4.78 is 0. The molecule has 3 heteroatoms. The predicted octanol–water partition coefficient (Wildman–Crippen LogP) is 3.84.